The largest absolute Gasteiger partial charge is 0.508 e. The van der Waals surface area contributed by atoms with Crippen LogP contribution in [0.5, 0.6) is 5.75 Å². The first-order chi connectivity index (χ1) is 10.1. The maximum Gasteiger partial charge on any atom is 0.224 e. The van der Waals surface area contributed by atoms with Gasteiger partial charge < -0.3 is 15.5 Å². The van der Waals surface area contributed by atoms with Crippen LogP contribution in [0, 0.1) is 6.92 Å². The number of benzene rings is 2. The molecule has 1 atom stereocenters. The number of carbonyl (C=O) groups is 1. The van der Waals surface area contributed by atoms with Gasteiger partial charge in [-0.15, -0.1) is 0 Å². The van der Waals surface area contributed by atoms with Gasteiger partial charge in [0.15, 0.2) is 0 Å². The zero-order valence-corrected chi connectivity index (χ0v) is 11.9. The number of aryl methyl sites for hydroxylation is 1. The van der Waals surface area contributed by atoms with E-state index in [1.165, 1.54) is 0 Å². The normalized spacial score (nSPS) is 11.9. The zero-order valence-electron chi connectivity index (χ0n) is 11.9. The minimum Gasteiger partial charge on any atom is -0.508 e. The summed E-state index contributed by atoms with van der Waals surface area (Å²) in [6.07, 6.45) is -0.647. The second-order valence-electron chi connectivity index (χ2n) is 5.04. The SMILES string of the molecule is Cc1cccc(C(O)CNC(=O)Cc2ccccc2O)c1. The fourth-order valence-corrected chi connectivity index (χ4v) is 2.10. The van der Waals surface area contributed by atoms with Crippen molar-refractivity contribution in [2.75, 3.05) is 6.54 Å². The van der Waals surface area contributed by atoms with Gasteiger partial charge in [-0.2, -0.15) is 0 Å². The number of phenolic OH excluding ortho intramolecular Hbond substituents is 1. The van der Waals surface area contributed by atoms with Crippen molar-refractivity contribution in [3.05, 3.63) is 65.2 Å². The minimum absolute atomic E-state index is 0.0905. The molecule has 0 fully saturated rings. The first-order valence-electron chi connectivity index (χ1n) is 6.84. The van der Waals surface area contributed by atoms with Crippen molar-refractivity contribution in [3.63, 3.8) is 0 Å². The van der Waals surface area contributed by atoms with Crippen LogP contribution in [0.25, 0.3) is 0 Å². The first kappa shape index (κ1) is 15.1. The molecule has 0 aromatic heterocycles. The van der Waals surface area contributed by atoms with Crippen LogP contribution in [0.15, 0.2) is 48.5 Å². The predicted molar refractivity (Wildman–Crippen MR) is 81.0 cm³/mol. The molecule has 0 aliphatic heterocycles. The summed E-state index contributed by atoms with van der Waals surface area (Å²) in [5.41, 5.74) is 2.41. The summed E-state index contributed by atoms with van der Waals surface area (Å²) < 4.78 is 0. The number of aliphatic hydroxyl groups excluding tert-OH is 1. The molecule has 2 aromatic carbocycles. The topological polar surface area (TPSA) is 69.6 Å². The highest BCUT2D eigenvalue weighted by molar-refractivity contribution is 5.79. The van der Waals surface area contributed by atoms with Gasteiger partial charge in [-0.3, -0.25) is 4.79 Å². The van der Waals surface area contributed by atoms with E-state index in [1.807, 2.05) is 31.2 Å². The Morgan fingerprint density at radius 2 is 1.95 bits per heavy atom. The van der Waals surface area contributed by atoms with E-state index < -0.39 is 6.10 Å². The van der Waals surface area contributed by atoms with Gasteiger partial charge in [0.25, 0.3) is 0 Å². The molecule has 0 heterocycles. The smallest absolute Gasteiger partial charge is 0.224 e. The van der Waals surface area contributed by atoms with E-state index in [1.54, 1.807) is 24.3 Å². The van der Waals surface area contributed by atoms with Crippen LogP contribution < -0.4 is 5.32 Å². The summed E-state index contributed by atoms with van der Waals surface area (Å²) in [5.74, 6) is -0.130. The number of para-hydroxylation sites is 1. The molecule has 0 aliphatic carbocycles. The number of hydrogen-bond donors (Lipinski definition) is 3. The maximum absolute atomic E-state index is 11.8. The lowest BCUT2D eigenvalue weighted by Crippen LogP contribution is -2.29. The molecule has 1 unspecified atom stereocenters. The highest BCUT2D eigenvalue weighted by atomic mass is 16.3. The summed E-state index contributed by atoms with van der Waals surface area (Å²) in [5, 5.41) is 22.3. The molecule has 110 valence electrons. The van der Waals surface area contributed by atoms with Crippen LogP contribution in [0.4, 0.5) is 0 Å². The van der Waals surface area contributed by atoms with E-state index in [4.69, 9.17) is 0 Å². The van der Waals surface area contributed by atoms with Crippen molar-refractivity contribution in [3.8, 4) is 5.75 Å². The molecular formula is C17H19NO3. The first-order valence-corrected chi connectivity index (χ1v) is 6.84. The lowest BCUT2D eigenvalue weighted by atomic mass is 10.1. The van der Waals surface area contributed by atoms with Gasteiger partial charge in [0.05, 0.1) is 12.5 Å². The molecule has 0 saturated heterocycles. The van der Waals surface area contributed by atoms with Crippen LogP contribution in [-0.4, -0.2) is 22.7 Å². The van der Waals surface area contributed by atoms with Crippen LogP contribution in [-0.2, 0) is 11.2 Å². The third-order valence-corrected chi connectivity index (χ3v) is 3.26. The van der Waals surface area contributed by atoms with Gasteiger partial charge in [-0.25, -0.2) is 0 Å². The molecule has 0 radical (unpaired) electrons. The molecule has 2 rings (SSSR count). The van der Waals surface area contributed by atoms with Crippen LogP contribution in [0.1, 0.15) is 22.8 Å². The van der Waals surface area contributed by atoms with Crippen molar-refractivity contribution in [1.82, 2.24) is 5.32 Å². The summed E-state index contributed by atoms with van der Waals surface area (Å²) in [7, 11) is 0. The zero-order chi connectivity index (χ0) is 15.2. The fourth-order valence-electron chi connectivity index (χ4n) is 2.10. The maximum atomic E-state index is 11.8. The molecular weight excluding hydrogens is 266 g/mol. The Bertz CT molecular complexity index is 625. The number of amides is 1. The van der Waals surface area contributed by atoms with Gasteiger partial charge in [0.1, 0.15) is 5.75 Å². The highest BCUT2D eigenvalue weighted by Crippen LogP contribution is 2.16. The molecule has 0 aliphatic rings. The lowest BCUT2D eigenvalue weighted by Gasteiger charge is -2.13. The number of carbonyl (C=O) groups excluding carboxylic acids is 1. The Hall–Kier alpha value is -2.33. The van der Waals surface area contributed by atoms with E-state index in [9.17, 15) is 15.0 Å². The quantitative estimate of drug-likeness (QED) is 0.788. The Kier molecular flexibility index (Phi) is 4.95. The third-order valence-electron chi connectivity index (χ3n) is 3.26. The van der Waals surface area contributed by atoms with E-state index in [0.717, 1.165) is 11.1 Å². The molecule has 21 heavy (non-hydrogen) atoms. The molecule has 4 nitrogen and oxygen atoms in total. The minimum atomic E-state index is -0.738. The number of rotatable bonds is 5. The predicted octanol–water partition coefficient (Wildman–Crippen LogP) is 2.09. The Labute approximate surface area is 124 Å². The molecule has 1 amide bonds. The second-order valence-corrected chi connectivity index (χ2v) is 5.04. The summed E-state index contributed by atoms with van der Waals surface area (Å²) >= 11 is 0. The second kappa shape index (κ2) is 6.90. The molecule has 0 saturated carbocycles. The summed E-state index contributed by atoms with van der Waals surface area (Å²) in [6.45, 7) is 2.10. The summed E-state index contributed by atoms with van der Waals surface area (Å²) in [6, 6.07) is 14.3. The fraction of sp³-hybridized carbons (Fsp3) is 0.235. The standard InChI is InChI=1S/C17H19NO3/c1-12-5-4-7-13(9-12)16(20)11-18-17(21)10-14-6-2-3-8-15(14)19/h2-9,16,19-20H,10-11H2,1H3,(H,18,21). The number of phenols is 1. The molecule has 0 bridgehead atoms. The Morgan fingerprint density at radius 3 is 2.67 bits per heavy atom. The van der Waals surface area contributed by atoms with Crippen molar-refractivity contribution in [2.45, 2.75) is 19.4 Å². The number of nitrogens with one attached hydrogen (secondary N) is 1. The molecule has 0 spiro atoms. The summed E-state index contributed by atoms with van der Waals surface area (Å²) in [4.78, 5) is 11.8. The monoisotopic (exact) mass is 285 g/mol. The van der Waals surface area contributed by atoms with Crippen molar-refractivity contribution < 1.29 is 15.0 Å². The van der Waals surface area contributed by atoms with Crippen LogP contribution in [0.2, 0.25) is 0 Å². The van der Waals surface area contributed by atoms with Crippen LogP contribution >= 0.6 is 0 Å². The van der Waals surface area contributed by atoms with Crippen molar-refractivity contribution >= 4 is 5.91 Å². The van der Waals surface area contributed by atoms with Gasteiger partial charge in [-0.1, -0.05) is 48.0 Å². The van der Waals surface area contributed by atoms with E-state index in [-0.39, 0.29) is 24.6 Å². The average Bonchev–Trinajstić information content (AvgIpc) is 2.47. The lowest BCUT2D eigenvalue weighted by molar-refractivity contribution is -0.120. The average molecular weight is 285 g/mol. The number of hydrogen-bond acceptors (Lipinski definition) is 3. The number of aromatic hydroxyl groups is 1. The highest BCUT2D eigenvalue weighted by Gasteiger charge is 2.11. The van der Waals surface area contributed by atoms with Crippen molar-refractivity contribution in [2.24, 2.45) is 0 Å². The van der Waals surface area contributed by atoms with Gasteiger partial charge in [-0.05, 0) is 18.6 Å². The van der Waals surface area contributed by atoms with E-state index >= 15 is 0 Å². The Morgan fingerprint density at radius 1 is 1.19 bits per heavy atom. The van der Waals surface area contributed by atoms with Gasteiger partial charge >= 0.3 is 0 Å². The van der Waals surface area contributed by atoms with E-state index in [2.05, 4.69) is 5.32 Å². The van der Waals surface area contributed by atoms with Gasteiger partial charge in [0, 0.05) is 12.1 Å². The molecule has 4 heteroatoms. The van der Waals surface area contributed by atoms with Crippen molar-refractivity contribution in [1.29, 1.82) is 0 Å². The number of aliphatic hydroxyl groups is 1. The Balaban J connectivity index is 1.88. The molecule has 3 N–H and O–H groups in total. The van der Waals surface area contributed by atoms with Gasteiger partial charge in [0.2, 0.25) is 5.91 Å². The van der Waals surface area contributed by atoms with Crippen LogP contribution in [0.3, 0.4) is 0 Å². The van der Waals surface area contributed by atoms with E-state index in [0.29, 0.717) is 5.56 Å². The molecule has 2 aromatic rings. The third kappa shape index (κ3) is 4.33.